The third-order valence-electron chi connectivity index (χ3n) is 2.03. The Morgan fingerprint density at radius 2 is 2.07 bits per heavy atom. The van der Waals surface area contributed by atoms with E-state index in [0.717, 1.165) is 6.54 Å². The van der Waals surface area contributed by atoms with Crippen molar-refractivity contribution in [1.82, 2.24) is 9.62 Å². The molecule has 5 heteroatoms. The molecular formula is C10H22N2O2S. The van der Waals surface area contributed by atoms with E-state index in [1.165, 1.54) is 4.31 Å². The largest absolute Gasteiger partial charge is 0.316 e. The highest BCUT2D eigenvalue weighted by molar-refractivity contribution is 7.89. The van der Waals surface area contributed by atoms with Crippen LogP contribution in [0.1, 0.15) is 20.8 Å². The van der Waals surface area contributed by atoms with Gasteiger partial charge in [-0.3, -0.25) is 0 Å². The molecule has 0 bridgehead atoms. The van der Waals surface area contributed by atoms with Crippen LogP contribution in [0.2, 0.25) is 0 Å². The van der Waals surface area contributed by atoms with Crippen LogP contribution in [0.3, 0.4) is 0 Å². The Balaban J connectivity index is 4.43. The first-order valence-electron chi connectivity index (χ1n) is 5.26. The van der Waals surface area contributed by atoms with Gasteiger partial charge in [-0.1, -0.05) is 13.0 Å². The summed E-state index contributed by atoms with van der Waals surface area (Å²) in [5.74, 6) is 0.146. The van der Waals surface area contributed by atoms with E-state index < -0.39 is 10.0 Å². The molecule has 4 nitrogen and oxygen atoms in total. The van der Waals surface area contributed by atoms with Crippen LogP contribution in [0.15, 0.2) is 12.7 Å². The average molecular weight is 234 g/mol. The molecule has 0 unspecified atom stereocenters. The van der Waals surface area contributed by atoms with Crippen molar-refractivity contribution in [3.63, 3.8) is 0 Å². The lowest BCUT2D eigenvalue weighted by atomic mass is 10.4. The van der Waals surface area contributed by atoms with E-state index in [1.54, 1.807) is 6.08 Å². The van der Waals surface area contributed by atoms with Crippen LogP contribution in [0, 0.1) is 0 Å². The van der Waals surface area contributed by atoms with E-state index in [1.807, 2.05) is 20.8 Å². The zero-order chi connectivity index (χ0) is 11.9. The maximum Gasteiger partial charge on any atom is 0.215 e. The molecular weight excluding hydrogens is 212 g/mol. The van der Waals surface area contributed by atoms with E-state index in [0.29, 0.717) is 13.1 Å². The average Bonchev–Trinajstić information content (AvgIpc) is 2.13. The molecule has 90 valence electrons. The molecule has 0 aromatic rings. The molecule has 0 aliphatic carbocycles. The van der Waals surface area contributed by atoms with Gasteiger partial charge >= 0.3 is 0 Å². The van der Waals surface area contributed by atoms with E-state index >= 15 is 0 Å². The first kappa shape index (κ1) is 14.6. The number of nitrogens with one attached hydrogen (secondary N) is 1. The SMILES string of the molecule is C=CCN(C(C)C)S(=O)(=O)CCNCC. The Morgan fingerprint density at radius 3 is 2.47 bits per heavy atom. The number of hydrogen-bond acceptors (Lipinski definition) is 3. The summed E-state index contributed by atoms with van der Waals surface area (Å²) in [5.41, 5.74) is 0. The molecule has 0 atom stereocenters. The predicted molar refractivity (Wildman–Crippen MR) is 64.4 cm³/mol. The second-order valence-corrected chi connectivity index (χ2v) is 5.66. The van der Waals surface area contributed by atoms with Gasteiger partial charge in [-0.25, -0.2) is 8.42 Å². The maximum atomic E-state index is 11.9. The Hall–Kier alpha value is -0.390. The molecule has 0 spiro atoms. The van der Waals surface area contributed by atoms with Gasteiger partial charge in [0.2, 0.25) is 10.0 Å². The Morgan fingerprint density at radius 1 is 1.47 bits per heavy atom. The zero-order valence-corrected chi connectivity index (χ0v) is 10.7. The van der Waals surface area contributed by atoms with E-state index in [9.17, 15) is 8.42 Å². The minimum atomic E-state index is -3.16. The molecule has 0 rings (SSSR count). The van der Waals surface area contributed by atoms with Crippen molar-refractivity contribution >= 4 is 10.0 Å². The summed E-state index contributed by atoms with van der Waals surface area (Å²) in [5, 5.41) is 3.01. The molecule has 15 heavy (non-hydrogen) atoms. The fraction of sp³-hybridized carbons (Fsp3) is 0.800. The molecule has 0 fully saturated rings. The third kappa shape index (κ3) is 5.30. The lowest BCUT2D eigenvalue weighted by Gasteiger charge is -2.24. The van der Waals surface area contributed by atoms with Crippen LogP contribution in [-0.2, 0) is 10.0 Å². The number of nitrogens with zero attached hydrogens (tertiary/aromatic N) is 1. The van der Waals surface area contributed by atoms with Gasteiger partial charge in [-0.15, -0.1) is 6.58 Å². The van der Waals surface area contributed by atoms with Gasteiger partial charge in [0.05, 0.1) is 5.75 Å². The summed E-state index contributed by atoms with van der Waals surface area (Å²) >= 11 is 0. The summed E-state index contributed by atoms with van der Waals surface area (Å²) in [6, 6.07) is -0.0189. The highest BCUT2D eigenvalue weighted by atomic mass is 32.2. The Kier molecular flexibility index (Phi) is 6.80. The smallest absolute Gasteiger partial charge is 0.215 e. The molecule has 1 N–H and O–H groups in total. The topological polar surface area (TPSA) is 49.4 Å². The van der Waals surface area contributed by atoms with Crippen LogP contribution in [0.5, 0.6) is 0 Å². The first-order chi connectivity index (χ1) is 6.95. The second-order valence-electron chi connectivity index (χ2n) is 3.62. The molecule has 0 heterocycles. The van der Waals surface area contributed by atoms with Gasteiger partial charge in [0.1, 0.15) is 0 Å². The lowest BCUT2D eigenvalue weighted by Crippen LogP contribution is -2.40. The van der Waals surface area contributed by atoms with Gasteiger partial charge in [0, 0.05) is 19.1 Å². The van der Waals surface area contributed by atoms with Crippen LogP contribution < -0.4 is 5.32 Å². The second kappa shape index (κ2) is 6.98. The van der Waals surface area contributed by atoms with Crippen molar-refractivity contribution in [1.29, 1.82) is 0 Å². The normalized spacial score (nSPS) is 12.3. The molecule has 0 amide bonds. The van der Waals surface area contributed by atoms with Crippen LogP contribution in [0.25, 0.3) is 0 Å². The number of rotatable bonds is 8. The highest BCUT2D eigenvalue weighted by Crippen LogP contribution is 2.06. The molecule has 0 aromatic heterocycles. The van der Waals surface area contributed by atoms with Crippen LogP contribution >= 0.6 is 0 Å². The van der Waals surface area contributed by atoms with Gasteiger partial charge in [0.15, 0.2) is 0 Å². The summed E-state index contributed by atoms with van der Waals surface area (Å²) in [6.45, 7) is 10.9. The first-order valence-corrected chi connectivity index (χ1v) is 6.87. The minimum Gasteiger partial charge on any atom is -0.316 e. The Labute approximate surface area is 93.4 Å². The summed E-state index contributed by atoms with van der Waals surface area (Å²) in [7, 11) is -3.16. The summed E-state index contributed by atoms with van der Waals surface area (Å²) in [4.78, 5) is 0. The van der Waals surface area contributed by atoms with Crippen molar-refractivity contribution in [2.75, 3.05) is 25.4 Å². The third-order valence-corrected chi connectivity index (χ3v) is 4.03. The van der Waals surface area contributed by atoms with Crippen LogP contribution in [-0.4, -0.2) is 44.2 Å². The van der Waals surface area contributed by atoms with Crippen molar-refractivity contribution in [3.8, 4) is 0 Å². The number of hydrogen-bond donors (Lipinski definition) is 1. The minimum absolute atomic E-state index is 0.0189. The summed E-state index contributed by atoms with van der Waals surface area (Å²) < 4.78 is 25.2. The van der Waals surface area contributed by atoms with Gasteiger partial charge in [-0.2, -0.15) is 4.31 Å². The molecule has 0 aliphatic rings. The quantitative estimate of drug-likeness (QED) is 0.500. The molecule has 0 aliphatic heterocycles. The van der Waals surface area contributed by atoms with E-state index in [2.05, 4.69) is 11.9 Å². The predicted octanol–water partition coefficient (Wildman–Crippen LogP) is 0.822. The van der Waals surface area contributed by atoms with E-state index in [4.69, 9.17) is 0 Å². The van der Waals surface area contributed by atoms with Gasteiger partial charge < -0.3 is 5.32 Å². The van der Waals surface area contributed by atoms with Crippen molar-refractivity contribution in [3.05, 3.63) is 12.7 Å². The van der Waals surface area contributed by atoms with Crippen molar-refractivity contribution < 1.29 is 8.42 Å². The molecule has 0 aromatic carbocycles. The fourth-order valence-corrected chi connectivity index (χ4v) is 2.88. The number of sulfonamides is 1. The highest BCUT2D eigenvalue weighted by Gasteiger charge is 2.22. The molecule has 0 saturated heterocycles. The molecule has 0 saturated carbocycles. The van der Waals surface area contributed by atoms with Crippen molar-refractivity contribution in [2.24, 2.45) is 0 Å². The standard InChI is InChI=1S/C10H22N2O2S/c1-5-8-12(10(3)4)15(13,14)9-7-11-6-2/h5,10-11H,1,6-9H2,2-4H3. The van der Waals surface area contributed by atoms with Gasteiger partial charge in [-0.05, 0) is 20.4 Å². The monoisotopic (exact) mass is 234 g/mol. The summed E-state index contributed by atoms with van der Waals surface area (Å²) in [6.07, 6.45) is 1.62. The van der Waals surface area contributed by atoms with Crippen molar-refractivity contribution in [2.45, 2.75) is 26.8 Å². The zero-order valence-electron chi connectivity index (χ0n) is 9.86. The van der Waals surface area contributed by atoms with E-state index in [-0.39, 0.29) is 11.8 Å². The maximum absolute atomic E-state index is 11.9. The van der Waals surface area contributed by atoms with Crippen LogP contribution in [0.4, 0.5) is 0 Å². The van der Waals surface area contributed by atoms with Gasteiger partial charge in [0.25, 0.3) is 0 Å². The Bertz CT molecular complexity index is 273. The fourth-order valence-electron chi connectivity index (χ4n) is 1.27. The molecule has 0 radical (unpaired) electrons. The lowest BCUT2D eigenvalue weighted by molar-refractivity contribution is 0.382.